The van der Waals surface area contributed by atoms with Crippen LogP contribution in [0.2, 0.25) is 0 Å². The maximum atomic E-state index is 12.1. The maximum absolute atomic E-state index is 12.1. The number of aryl methyl sites for hydroxylation is 2. The largest absolute Gasteiger partial charge is 0.317 e. The standard InChI is InChI=1S/C14H16N4O2S2/c1-10-3-5-12(6-4-10)22(19,20)17-15-9-13-11(2)16-14-18(13)7-8-21-14/h3-6,9,17H,7-8H2,1-2H3/b15-9+. The van der Waals surface area contributed by atoms with Crippen molar-refractivity contribution in [3.63, 3.8) is 0 Å². The first kappa shape index (κ1) is 15.1. The van der Waals surface area contributed by atoms with Gasteiger partial charge < -0.3 is 4.57 Å². The number of fused-ring (bicyclic) bond motifs is 1. The van der Waals surface area contributed by atoms with Gasteiger partial charge in [0.2, 0.25) is 0 Å². The number of aromatic nitrogens is 2. The molecule has 0 saturated heterocycles. The Kier molecular flexibility index (Phi) is 3.96. The van der Waals surface area contributed by atoms with Gasteiger partial charge in [-0.2, -0.15) is 13.5 Å². The number of rotatable bonds is 4. The van der Waals surface area contributed by atoms with Crippen LogP contribution in [-0.2, 0) is 16.6 Å². The van der Waals surface area contributed by atoms with Crippen molar-refractivity contribution >= 4 is 28.0 Å². The zero-order chi connectivity index (χ0) is 15.7. The SMILES string of the molecule is Cc1ccc(S(=O)(=O)N/N=C/c2c(C)nc3n2CCS3)cc1. The Hall–Kier alpha value is -1.80. The molecule has 22 heavy (non-hydrogen) atoms. The highest BCUT2D eigenvalue weighted by atomic mass is 32.2. The fraction of sp³-hybridized carbons (Fsp3) is 0.286. The molecule has 1 aliphatic heterocycles. The van der Waals surface area contributed by atoms with Crippen LogP contribution >= 0.6 is 11.8 Å². The van der Waals surface area contributed by atoms with E-state index >= 15 is 0 Å². The summed E-state index contributed by atoms with van der Waals surface area (Å²) in [5, 5.41) is 4.85. The zero-order valence-electron chi connectivity index (χ0n) is 12.3. The summed E-state index contributed by atoms with van der Waals surface area (Å²) in [6.45, 7) is 4.66. The molecule has 0 radical (unpaired) electrons. The molecule has 1 aromatic heterocycles. The van der Waals surface area contributed by atoms with Gasteiger partial charge in [-0.1, -0.05) is 29.5 Å². The van der Waals surface area contributed by atoms with Gasteiger partial charge in [0.25, 0.3) is 10.0 Å². The van der Waals surface area contributed by atoms with E-state index < -0.39 is 10.0 Å². The molecule has 0 amide bonds. The maximum Gasteiger partial charge on any atom is 0.276 e. The van der Waals surface area contributed by atoms with Crippen LogP contribution in [0.3, 0.4) is 0 Å². The van der Waals surface area contributed by atoms with Crippen molar-refractivity contribution in [1.29, 1.82) is 0 Å². The average molecular weight is 336 g/mol. The summed E-state index contributed by atoms with van der Waals surface area (Å²) in [5.41, 5.74) is 2.69. The number of hydrogen-bond acceptors (Lipinski definition) is 5. The molecule has 116 valence electrons. The Labute approximate surface area is 133 Å². The molecule has 6 nitrogen and oxygen atoms in total. The number of benzene rings is 1. The summed E-state index contributed by atoms with van der Waals surface area (Å²) >= 11 is 1.69. The summed E-state index contributed by atoms with van der Waals surface area (Å²) in [4.78, 5) is 6.87. The Morgan fingerprint density at radius 1 is 1.32 bits per heavy atom. The van der Waals surface area contributed by atoms with Gasteiger partial charge in [-0.05, 0) is 26.0 Å². The van der Waals surface area contributed by atoms with Gasteiger partial charge in [0.1, 0.15) is 0 Å². The molecule has 1 aliphatic rings. The number of nitrogens with one attached hydrogen (secondary N) is 1. The van der Waals surface area contributed by atoms with E-state index in [0.717, 1.165) is 34.4 Å². The fourth-order valence-corrected chi connectivity index (χ4v) is 4.00. The smallest absolute Gasteiger partial charge is 0.276 e. The van der Waals surface area contributed by atoms with E-state index in [2.05, 4.69) is 14.9 Å². The monoisotopic (exact) mass is 336 g/mol. The number of sulfonamides is 1. The minimum Gasteiger partial charge on any atom is -0.317 e. The fourth-order valence-electron chi connectivity index (χ4n) is 2.20. The summed E-state index contributed by atoms with van der Waals surface area (Å²) in [6, 6.07) is 6.63. The van der Waals surface area contributed by atoms with E-state index in [0.29, 0.717) is 0 Å². The molecule has 1 aromatic carbocycles. The van der Waals surface area contributed by atoms with Crippen LogP contribution in [0.4, 0.5) is 0 Å². The van der Waals surface area contributed by atoms with Crippen LogP contribution in [0.15, 0.2) is 39.4 Å². The third-order valence-corrected chi connectivity index (χ3v) is 5.59. The van der Waals surface area contributed by atoms with Crippen LogP contribution in [0.1, 0.15) is 17.0 Å². The lowest BCUT2D eigenvalue weighted by Crippen LogP contribution is -2.18. The van der Waals surface area contributed by atoms with Gasteiger partial charge in [0, 0.05) is 12.3 Å². The zero-order valence-corrected chi connectivity index (χ0v) is 13.9. The molecule has 2 heterocycles. The van der Waals surface area contributed by atoms with E-state index in [-0.39, 0.29) is 4.90 Å². The van der Waals surface area contributed by atoms with Crippen molar-refractivity contribution in [2.75, 3.05) is 5.75 Å². The second-order valence-electron chi connectivity index (χ2n) is 5.03. The molecule has 8 heteroatoms. The molecule has 0 fully saturated rings. The first-order valence-corrected chi connectivity index (χ1v) is 9.26. The van der Waals surface area contributed by atoms with Crippen molar-refractivity contribution < 1.29 is 8.42 Å². The normalized spacial score (nSPS) is 14.5. The third kappa shape index (κ3) is 2.89. The molecule has 0 spiro atoms. The van der Waals surface area contributed by atoms with Crippen molar-refractivity contribution in [3.8, 4) is 0 Å². The van der Waals surface area contributed by atoms with Crippen LogP contribution in [0, 0.1) is 13.8 Å². The molecule has 0 bridgehead atoms. The number of nitrogens with zero attached hydrogens (tertiary/aromatic N) is 3. The first-order chi connectivity index (χ1) is 10.5. The molecular weight excluding hydrogens is 320 g/mol. The van der Waals surface area contributed by atoms with Crippen LogP contribution in [0.5, 0.6) is 0 Å². The lowest BCUT2D eigenvalue weighted by Gasteiger charge is -2.04. The van der Waals surface area contributed by atoms with Crippen molar-refractivity contribution in [3.05, 3.63) is 41.2 Å². The second-order valence-corrected chi connectivity index (χ2v) is 7.75. The minimum absolute atomic E-state index is 0.195. The van der Waals surface area contributed by atoms with Crippen molar-refractivity contribution in [2.24, 2.45) is 5.10 Å². The Bertz CT molecular complexity index is 823. The predicted octanol–water partition coefficient (Wildman–Crippen LogP) is 1.92. The minimum atomic E-state index is -3.64. The predicted molar refractivity (Wildman–Crippen MR) is 86.8 cm³/mol. The van der Waals surface area contributed by atoms with Crippen LogP contribution < -0.4 is 4.83 Å². The van der Waals surface area contributed by atoms with Gasteiger partial charge in [0.15, 0.2) is 5.16 Å². The number of hydrogen-bond donors (Lipinski definition) is 1. The molecule has 1 N–H and O–H groups in total. The highest BCUT2D eigenvalue weighted by Gasteiger charge is 2.18. The van der Waals surface area contributed by atoms with Gasteiger partial charge in [-0.15, -0.1) is 0 Å². The van der Waals surface area contributed by atoms with Crippen LogP contribution in [0.25, 0.3) is 0 Å². The van der Waals surface area contributed by atoms with Crippen molar-refractivity contribution in [2.45, 2.75) is 30.4 Å². The van der Waals surface area contributed by atoms with Crippen LogP contribution in [-0.4, -0.2) is 29.9 Å². The molecule has 0 aliphatic carbocycles. The first-order valence-electron chi connectivity index (χ1n) is 6.79. The summed E-state index contributed by atoms with van der Waals surface area (Å²) in [7, 11) is -3.64. The molecule has 0 atom stereocenters. The topological polar surface area (TPSA) is 76.3 Å². The molecule has 0 unspecified atom stereocenters. The number of thioether (sulfide) groups is 1. The van der Waals surface area contributed by atoms with Gasteiger partial charge in [-0.25, -0.2) is 9.82 Å². The van der Waals surface area contributed by atoms with Gasteiger partial charge in [-0.3, -0.25) is 0 Å². The highest BCUT2D eigenvalue weighted by Crippen LogP contribution is 2.26. The molecule has 2 aromatic rings. The molecule has 3 rings (SSSR count). The van der Waals surface area contributed by atoms with Gasteiger partial charge >= 0.3 is 0 Å². The van der Waals surface area contributed by atoms with E-state index in [1.165, 1.54) is 6.21 Å². The highest BCUT2D eigenvalue weighted by molar-refractivity contribution is 7.99. The van der Waals surface area contributed by atoms with Gasteiger partial charge in [0.05, 0.1) is 22.5 Å². The Balaban J connectivity index is 1.78. The summed E-state index contributed by atoms with van der Waals surface area (Å²) in [5.74, 6) is 0.985. The summed E-state index contributed by atoms with van der Waals surface area (Å²) < 4.78 is 26.3. The van der Waals surface area contributed by atoms with E-state index in [1.54, 1.807) is 36.0 Å². The van der Waals surface area contributed by atoms with E-state index in [4.69, 9.17) is 0 Å². The molecule has 0 saturated carbocycles. The summed E-state index contributed by atoms with van der Waals surface area (Å²) in [6.07, 6.45) is 1.52. The van der Waals surface area contributed by atoms with E-state index in [9.17, 15) is 8.42 Å². The average Bonchev–Trinajstić information content (AvgIpc) is 3.02. The third-order valence-electron chi connectivity index (χ3n) is 3.39. The van der Waals surface area contributed by atoms with E-state index in [1.807, 2.05) is 18.4 Å². The molecular formula is C14H16N4O2S2. The Morgan fingerprint density at radius 3 is 2.77 bits per heavy atom. The Morgan fingerprint density at radius 2 is 2.05 bits per heavy atom. The lowest BCUT2D eigenvalue weighted by atomic mass is 10.2. The van der Waals surface area contributed by atoms with Crippen molar-refractivity contribution in [1.82, 2.24) is 14.4 Å². The number of imidazole rings is 1. The quantitative estimate of drug-likeness (QED) is 0.683. The second kappa shape index (κ2) is 5.77. The lowest BCUT2D eigenvalue weighted by molar-refractivity contribution is 0.584. The number of hydrazone groups is 1.